The number of carbonyl (C=O) groups excluding carboxylic acids is 2. The van der Waals surface area contributed by atoms with Gasteiger partial charge in [-0.25, -0.2) is 8.42 Å². The zero-order chi connectivity index (χ0) is 18.9. The molecule has 2 heterocycles. The van der Waals surface area contributed by atoms with E-state index >= 15 is 0 Å². The van der Waals surface area contributed by atoms with E-state index in [9.17, 15) is 18.0 Å². The first kappa shape index (κ1) is 18.7. The molecule has 0 aliphatic carbocycles. The lowest BCUT2D eigenvalue weighted by atomic mass is 9.74. The van der Waals surface area contributed by atoms with Crippen molar-refractivity contribution in [3.63, 3.8) is 0 Å². The fourth-order valence-electron chi connectivity index (χ4n) is 3.91. The Bertz CT molecular complexity index is 813. The lowest BCUT2D eigenvalue weighted by Crippen LogP contribution is -2.50. The summed E-state index contributed by atoms with van der Waals surface area (Å²) in [6.45, 7) is 4.62. The molecule has 1 fully saturated rings. The molecule has 0 bridgehead atoms. The molecule has 0 saturated carbocycles. The minimum Gasteiger partial charge on any atom is -0.347 e. The van der Waals surface area contributed by atoms with Crippen LogP contribution >= 0.6 is 0 Å². The largest absolute Gasteiger partial charge is 0.347 e. The lowest BCUT2D eigenvalue weighted by molar-refractivity contribution is -0.133. The fraction of sp³-hybridized carbons (Fsp3) is 0.556. The molecule has 1 spiro atoms. The predicted octanol–water partition coefficient (Wildman–Crippen LogP) is 0.853. The van der Waals surface area contributed by atoms with Gasteiger partial charge in [0.2, 0.25) is 21.8 Å². The second-order valence-corrected chi connectivity index (χ2v) is 9.18. The van der Waals surface area contributed by atoms with E-state index in [1.165, 1.54) is 11.2 Å². The van der Waals surface area contributed by atoms with Gasteiger partial charge in [0.1, 0.15) is 0 Å². The molecular formula is C18H25N3O4S. The molecule has 1 saturated heterocycles. The molecule has 2 aliphatic heterocycles. The van der Waals surface area contributed by atoms with Crippen molar-refractivity contribution in [3.8, 4) is 0 Å². The maximum atomic E-state index is 12.5. The molecule has 0 aromatic heterocycles. The van der Waals surface area contributed by atoms with Gasteiger partial charge in [0.05, 0.1) is 18.0 Å². The molecule has 3 rings (SSSR count). The first-order valence-corrected chi connectivity index (χ1v) is 10.5. The molecule has 0 unspecified atom stereocenters. The summed E-state index contributed by atoms with van der Waals surface area (Å²) < 4.78 is 26.6. The van der Waals surface area contributed by atoms with Crippen molar-refractivity contribution in [3.05, 3.63) is 29.8 Å². The van der Waals surface area contributed by atoms with Crippen LogP contribution < -0.4 is 9.62 Å². The highest BCUT2D eigenvalue weighted by atomic mass is 32.2. The van der Waals surface area contributed by atoms with Crippen molar-refractivity contribution >= 4 is 27.5 Å². The molecule has 26 heavy (non-hydrogen) atoms. The Kier molecular flexibility index (Phi) is 4.96. The number of hydrogen-bond donors (Lipinski definition) is 1. The SMILES string of the molecule is CCS(=O)(=O)N1CC2(CCN(C(=O)CNC(C)=O)CC2)c2ccccc21. The van der Waals surface area contributed by atoms with Gasteiger partial charge < -0.3 is 10.2 Å². The van der Waals surface area contributed by atoms with Crippen molar-refractivity contribution in [2.45, 2.75) is 32.1 Å². The molecule has 8 heteroatoms. The van der Waals surface area contributed by atoms with Gasteiger partial charge in [0.15, 0.2) is 0 Å². The summed E-state index contributed by atoms with van der Waals surface area (Å²) in [5.74, 6) is -0.255. The minimum absolute atomic E-state index is 0.00919. The summed E-state index contributed by atoms with van der Waals surface area (Å²) in [4.78, 5) is 25.0. The smallest absolute Gasteiger partial charge is 0.241 e. The van der Waals surface area contributed by atoms with Gasteiger partial charge in [0.25, 0.3) is 0 Å². The van der Waals surface area contributed by atoms with Crippen LogP contribution in [-0.4, -0.2) is 57.1 Å². The molecular weight excluding hydrogens is 354 g/mol. The van der Waals surface area contributed by atoms with Crippen molar-refractivity contribution in [2.24, 2.45) is 0 Å². The number of para-hydroxylation sites is 1. The third-order valence-electron chi connectivity index (χ3n) is 5.45. The van der Waals surface area contributed by atoms with Crippen LogP contribution in [0.3, 0.4) is 0 Å². The zero-order valence-electron chi connectivity index (χ0n) is 15.2. The highest BCUT2D eigenvalue weighted by Gasteiger charge is 2.47. The normalized spacial score (nSPS) is 18.7. The molecule has 0 radical (unpaired) electrons. The second kappa shape index (κ2) is 6.90. The van der Waals surface area contributed by atoms with E-state index < -0.39 is 10.0 Å². The van der Waals surface area contributed by atoms with Gasteiger partial charge in [-0.2, -0.15) is 0 Å². The molecule has 1 aromatic carbocycles. The highest BCUT2D eigenvalue weighted by molar-refractivity contribution is 7.92. The molecule has 1 N–H and O–H groups in total. The quantitative estimate of drug-likeness (QED) is 0.840. The van der Waals surface area contributed by atoms with Gasteiger partial charge >= 0.3 is 0 Å². The summed E-state index contributed by atoms with van der Waals surface area (Å²) in [5, 5.41) is 2.54. The van der Waals surface area contributed by atoms with Crippen molar-refractivity contribution < 1.29 is 18.0 Å². The van der Waals surface area contributed by atoms with Crippen molar-refractivity contribution in [1.82, 2.24) is 10.2 Å². The fourth-order valence-corrected chi connectivity index (χ4v) is 5.13. The van der Waals surface area contributed by atoms with E-state index in [0.29, 0.717) is 32.5 Å². The van der Waals surface area contributed by atoms with Gasteiger partial charge in [-0.05, 0) is 31.4 Å². The Hall–Kier alpha value is -2.09. The van der Waals surface area contributed by atoms with Crippen LogP contribution in [0, 0.1) is 0 Å². The Morgan fingerprint density at radius 1 is 1.19 bits per heavy atom. The third kappa shape index (κ3) is 3.30. The number of hydrogen-bond acceptors (Lipinski definition) is 4. The van der Waals surface area contributed by atoms with Crippen LogP contribution in [0.25, 0.3) is 0 Å². The first-order valence-electron chi connectivity index (χ1n) is 8.91. The number of amides is 2. The summed E-state index contributed by atoms with van der Waals surface area (Å²) in [6, 6.07) is 7.68. The van der Waals surface area contributed by atoms with Crippen molar-refractivity contribution in [2.75, 3.05) is 36.2 Å². The number of fused-ring (bicyclic) bond motifs is 2. The maximum Gasteiger partial charge on any atom is 0.241 e. The Balaban J connectivity index is 1.78. The minimum atomic E-state index is -3.33. The van der Waals surface area contributed by atoms with E-state index in [0.717, 1.165) is 11.3 Å². The van der Waals surface area contributed by atoms with Crippen LogP contribution in [-0.2, 0) is 25.0 Å². The average Bonchev–Trinajstić information content (AvgIpc) is 2.96. The molecule has 0 atom stereocenters. The number of rotatable bonds is 4. The predicted molar refractivity (Wildman–Crippen MR) is 99.4 cm³/mol. The third-order valence-corrected chi connectivity index (χ3v) is 7.18. The topological polar surface area (TPSA) is 86.8 Å². The summed E-state index contributed by atoms with van der Waals surface area (Å²) >= 11 is 0. The highest BCUT2D eigenvalue weighted by Crippen LogP contribution is 2.47. The number of likely N-dealkylation sites (tertiary alicyclic amines) is 1. The van der Waals surface area contributed by atoms with Crippen LogP contribution in [0.15, 0.2) is 24.3 Å². The van der Waals surface area contributed by atoms with Gasteiger partial charge in [-0.3, -0.25) is 13.9 Å². The monoisotopic (exact) mass is 379 g/mol. The number of benzene rings is 1. The number of carbonyl (C=O) groups is 2. The van der Waals surface area contributed by atoms with Gasteiger partial charge in [0, 0.05) is 32.0 Å². The number of nitrogens with zero attached hydrogens (tertiary/aromatic N) is 2. The molecule has 2 aliphatic rings. The number of sulfonamides is 1. The standard InChI is InChI=1S/C18H25N3O4S/c1-3-26(24,25)21-13-18(15-6-4-5-7-16(15)21)8-10-20(11-9-18)17(23)12-19-14(2)22/h4-7H,3,8-13H2,1-2H3,(H,19,22). The lowest BCUT2D eigenvalue weighted by Gasteiger charge is -2.39. The Labute approximate surface area is 154 Å². The summed E-state index contributed by atoms with van der Waals surface area (Å²) in [7, 11) is -3.33. The molecule has 1 aromatic rings. The Morgan fingerprint density at radius 2 is 1.85 bits per heavy atom. The van der Waals surface area contributed by atoms with E-state index in [4.69, 9.17) is 0 Å². The second-order valence-electron chi connectivity index (χ2n) is 7.00. The van der Waals surface area contributed by atoms with Crippen molar-refractivity contribution in [1.29, 1.82) is 0 Å². The van der Waals surface area contributed by atoms with Crippen LogP contribution in [0.5, 0.6) is 0 Å². The van der Waals surface area contributed by atoms with Gasteiger partial charge in [-0.15, -0.1) is 0 Å². The van der Waals surface area contributed by atoms with Crippen LogP contribution in [0.1, 0.15) is 32.3 Å². The van der Waals surface area contributed by atoms with E-state index in [2.05, 4.69) is 5.32 Å². The van der Waals surface area contributed by atoms with Crippen LogP contribution in [0.2, 0.25) is 0 Å². The summed E-state index contributed by atoms with van der Waals surface area (Å²) in [6.07, 6.45) is 1.43. The first-order chi connectivity index (χ1) is 12.3. The molecule has 142 valence electrons. The molecule has 7 nitrogen and oxygen atoms in total. The van der Waals surface area contributed by atoms with E-state index in [1.807, 2.05) is 24.3 Å². The number of nitrogens with one attached hydrogen (secondary N) is 1. The van der Waals surface area contributed by atoms with Crippen LogP contribution in [0.4, 0.5) is 5.69 Å². The maximum absolute atomic E-state index is 12.5. The average molecular weight is 379 g/mol. The number of anilines is 1. The van der Waals surface area contributed by atoms with E-state index in [-0.39, 0.29) is 29.5 Å². The Morgan fingerprint density at radius 3 is 2.46 bits per heavy atom. The molecule has 2 amide bonds. The van der Waals surface area contributed by atoms with Gasteiger partial charge in [-0.1, -0.05) is 18.2 Å². The number of piperidine rings is 1. The van der Waals surface area contributed by atoms with E-state index in [1.54, 1.807) is 11.8 Å². The summed E-state index contributed by atoms with van der Waals surface area (Å²) in [5.41, 5.74) is 1.59. The zero-order valence-corrected chi connectivity index (χ0v) is 16.0.